The van der Waals surface area contributed by atoms with E-state index in [0.717, 1.165) is 22.5 Å². The van der Waals surface area contributed by atoms with Gasteiger partial charge in [-0.25, -0.2) is 25.4 Å². The lowest BCUT2D eigenvalue weighted by molar-refractivity contribution is -0.137. The van der Waals surface area contributed by atoms with E-state index in [1.807, 2.05) is 0 Å². The lowest BCUT2D eigenvalue weighted by Gasteiger charge is -2.28. The first kappa shape index (κ1) is 56.3. The maximum atomic E-state index is 13.6. The highest BCUT2D eigenvalue weighted by molar-refractivity contribution is 7.94. The Morgan fingerprint density at radius 3 is 1.11 bits per heavy atom. The topological polar surface area (TPSA) is 274 Å². The molecule has 2 N–H and O–H groups in total. The van der Waals surface area contributed by atoms with Crippen molar-refractivity contribution in [2.75, 3.05) is 50.1 Å². The minimum atomic E-state index is -4.39. The van der Waals surface area contributed by atoms with Crippen molar-refractivity contribution < 1.29 is 64.4 Å². The van der Waals surface area contributed by atoms with Gasteiger partial charge in [0, 0.05) is 29.2 Å². The summed E-state index contributed by atoms with van der Waals surface area (Å²) < 4.78 is 93.5. The van der Waals surface area contributed by atoms with Gasteiger partial charge in [-0.2, -0.15) is 0 Å². The molecule has 6 rings (SSSR count). The summed E-state index contributed by atoms with van der Waals surface area (Å²) in [6, 6.07) is 18.2. The van der Waals surface area contributed by atoms with E-state index < -0.39 is 58.6 Å². The fourth-order valence-electron chi connectivity index (χ4n) is 7.01. The lowest BCUT2D eigenvalue weighted by atomic mass is 10.2. The Bertz CT molecular complexity index is 2850. The monoisotopic (exact) mass is 1070 g/mol. The molecule has 72 heavy (non-hydrogen) atoms. The number of hydrogen-bond acceptors (Lipinski definition) is 16. The predicted molar refractivity (Wildman–Crippen MR) is 277 cm³/mol. The molecule has 0 saturated heterocycles. The second-order valence-electron chi connectivity index (χ2n) is 19.0. The second-order valence-corrected chi connectivity index (χ2v) is 34.6. The maximum absolute atomic E-state index is 13.6. The second kappa shape index (κ2) is 22.4. The molecule has 2 atom stereocenters. The first-order chi connectivity index (χ1) is 33.6. The summed E-state index contributed by atoms with van der Waals surface area (Å²) in [5.41, 5.74) is 0.700. The maximum Gasteiger partial charge on any atom is 0.323 e. The van der Waals surface area contributed by atoms with Crippen LogP contribution < -0.4 is 27.6 Å². The average Bonchev–Trinajstić information content (AvgIpc) is 4.14. The molecule has 0 aliphatic rings. The van der Waals surface area contributed by atoms with Crippen molar-refractivity contribution in [3.8, 4) is 57.5 Å². The minimum Gasteiger partial charge on any atom is -0.494 e. The Balaban J connectivity index is 0.000000267. The van der Waals surface area contributed by atoms with Gasteiger partial charge in [-0.3, -0.25) is 18.7 Å². The third-order valence-electron chi connectivity index (χ3n) is 11.2. The molecule has 2 aromatic carbocycles. The van der Waals surface area contributed by atoms with E-state index in [1.54, 1.807) is 74.5 Å². The van der Waals surface area contributed by atoms with Crippen molar-refractivity contribution in [3.05, 3.63) is 72.2 Å². The molecule has 4 heterocycles. The van der Waals surface area contributed by atoms with Gasteiger partial charge in [0.1, 0.15) is 45.9 Å². The molecular formula is C46H64N8O14S2Si2. The number of carboxylic acid groups (broad SMARTS) is 2. The number of anilines is 2. The van der Waals surface area contributed by atoms with Crippen LogP contribution in [0.15, 0.2) is 69.5 Å². The molecule has 0 spiro atoms. The van der Waals surface area contributed by atoms with Crippen LogP contribution in [0.25, 0.3) is 34.5 Å². The number of ether oxygens (including phenoxy) is 4. The van der Waals surface area contributed by atoms with Gasteiger partial charge in [0.2, 0.25) is 23.5 Å². The van der Waals surface area contributed by atoms with Gasteiger partial charge in [0.25, 0.3) is 20.0 Å². The van der Waals surface area contributed by atoms with Gasteiger partial charge >= 0.3 is 11.9 Å². The van der Waals surface area contributed by atoms with Gasteiger partial charge in [-0.15, -0.1) is 20.4 Å². The third kappa shape index (κ3) is 12.3. The number of hydrogen-bond donors (Lipinski definition) is 2. The lowest BCUT2D eigenvalue weighted by Crippen LogP contribution is -2.44. The number of aromatic nitrogens is 6. The summed E-state index contributed by atoms with van der Waals surface area (Å²) >= 11 is 0. The smallest absolute Gasteiger partial charge is 0.323 e. The summed E-state index contributed by atoms with van der Waals surface area (Å²) in [4.78, 5) is 23.5. The molecular weight excluding hydrogens is 1010 g/mol. The number of carboxylic acids is 2. The molecule has 0 bridgehead atoms. The molecule has 0 amide bonds. The van der Waals surface area contributed by atoms with E-state index in [-0.39, 0.29) is 36.6 Å². The molecule has 22 nitrogen and oxygen atoms in total. The highest BCUT2D eigenvalue weighted by atomic mass is 32.2. The molecule has 392 valence electrons. The fraction of sp³-hybridized carbons (Fsp3) is 0.435. The number of sulfonamides is 2. The quantitative estimate of drug-likeness (QED) is 0.0619. The van der Waals surface area contributed by atoms with Crippen molar-refractivity contribution >= 4 is 60.0 Å². The van der Waals surface area contributed by atoms with E-state index in [4.69, 9.17) is 27.8 Å². The van der Waals surface area contributed by atoms with E-state index in [9.17, 15) is 36.6 Å². The summed E-state index contributed by atoms with van der Waals surface area (Å²) in [6.07, 6.45) is 0. The Morgan fingerprint density at radius 1 is 0.569 bits per heavy atom. The van der Waals surface area contributed by atoms with Crippen LogP contribution in [0.2, 0.25) is 51.4 Å². The summed E-state index contributed by atoms with van der Waals surface area (Å²) in [7, 11) is -6.38. The van der Waals surface area contributed by atoms with Gasteiger partial charge in [-0.05, 0) is 88.3 Å². The number of para-hydroxylation sites is 2. The number of aryl methyl sites for hydroxylation is 2. The largest absolute Gasteiger partial charge is 0.494 e. The highest BCUT2D eigenvalue weighted by Crippen LogP contribution is 2.42. The van der Waals surface area contributed by atoms with Crippen molar-refractivity contribution in [2.45, 2.75) is 89.6 Å². The molecule has 26 heteroatoms. The van der Waals surface area contributed by atoms with E-state index >= 15 is 0 Å². The zero-order valence-corrected chi connectivity index (χ0v) is 46.6. The number of benzene rings is 2. The SMILES string of the molecule is COc1cccc(OC)c1-n1c(-c2ccc(C)o2)nnc1N(CC[Si](C)(C)C)S(=O)(=O)[C@@H](C)C(=O)O.COc1cccc(OC)c1-n1c(-c2ccc(C)o2)nnc1N(CC[Si](C)(C)C)S(=O)(=O)[C@H](C)C(=O)O. The Hall–Kier alpha value is -6.65. The molecule has 6 aromatic rings. The van der Waals surface area contributed by atoms with Crippen LogP contribution >= 0.6 is 0 Å². The molecule has 4 aromatic heterocycles. The van der Waals surface area contributed by atoms with Gasteiger partial charge < -0.3 is 38.0 Å². The van der Waals surface area contributed by atoms with Crippen LogP contribution in [0.5, 0.6) is 23.0 Å². The predicted octanol–water partition coefficient (Wildman–Crippen LogP) is 7.60. The highest BCUT2D eigenvalue weighted by Gasteiger charge is 2.41. The van der Waals surface area contributed by atoms with Crippen molar-refractivity contribution in [2.24, 2.45) is 0 Å². The van der Waals surface area contributed by atoms with E-state index in [1.165, 1.54) is 37.6 Å². The molecule has 0 aliphatic heterocycles. The van der Waals surface area contributed by atoms with Crippen LogP contribution in [-0.2, 0) is 29.6 Å². The molecule has 0 unspecified atom stereocenters. The molecule has 0 saturated carbocycles. The number of rotatable bonds is 22. The van der Waals surface area contributed by atoms with Crippen molar-refractivity contribution in [1.82, 2.24) is 29.5 Å². The summed E-state index contributed by atoms with van der Waals surface area (Å²) in [6.45, 7) is 18.5. The Kier molecular flexibility index (Phi) is 17.5. The van der Waals surface area contributed by atoms with Crippen LogP contribution in [-0.4, -0.2) is 137 Å². The van der Waals surface area contributed by atoms with E-state index in [2.05, 4.69) is 59.7 Å². The number of carbonyl (C=O) groups is 2. The number of nitrogens with zero attached hydrogens (tertiary/aromatic N) is 8. The number of aliphatic carboxylic acids is 2. The zero-order valence-electron chi connectivity index (χ0n) is 42.9. The standard InChI is InChI=1S/2C23H32N4O7SSi/c2*1-15-11-12-19(34-15)21-24-25-23(27(21)20-17(32-3)9-8-10-18(20)33-4)26(13-14-36(5,6)7)35(30,31)16(2)22(28)29/h2*8-12,16H,13-14H2,1-7H3,(H,28,29)/t2*16-/m10/s1. The van der Waals surface area contributed by atoms with Crippen LogP contribution in [0.3, 0.4) is 0 Å². The Morgan fingerprint density at radius 2 is 0.875 bits per heavy atom. The van der Waals surface area contributed by atoms with Crippen LogP contribution in [0.1, 0.15) is 25.4 Å². The Labute approximate surface area is 421 Å². The molecule has 0 aliphatic carbocycles. The molecule has 0 fully saturated rings. The fourth-order valence-corrected chi connectivity index (χ4v) is 11.8. The minimum absolute atomic E-state index is 0.0302. The van der Waals surface area contributed by atoms with Crippen LogP contribution in [0.4, 0.5) is 11.9 Å². The van der Waals surface area contributed by atoms with E-state index in [0.29, 0.717) is 69.5 Å². The summed E-state index contributed by atoms with van der Waals surface area (Å²) in [5.74, 6) is 0.708. The number of furan rings is 2. The first-order valence-electron chi connectivity index (χ1n) is 22.6. The van der Waals surface area contributed by atoms with Crippen molar-refractivity contribution in [1.29, 1.82) is 0 Å². The average molecular weight is 1070 g/mol. The van der Waals surface area contributed by atoms with Crippen LogP contribution in [0, 0.1) is 13.8 Å². The van der Waals surface area contributed by atoms with Gasteiger partial charge in [0.15, 0.2) is 22.0 Å². The van der Waals surface area contributed by atoms with Crippen molar-refractivity contribution in [3.63, 3.8) is 0 Å². The third-order valence-corrected chi connectivity index (χ3v) is 18.8. The van der Waals surface area contributed by atoms with Gasteiger partial charge in [-0.1, -0.05) is 51.4 Å². The zero-order chi connectivity index (χ0) is 53.7. The summed E-state index contributed by atoms with van der Waals surface area (Å²) in [5, 5.41) is 32.8. The number of methoxy groups -OCH3 is 4. The normalized spacial score (nSPS) is 12.9. The molecule has 0 radical (unpaired) electrons. The first-order valence-corrected chi connectivity index (χ1v) is 33.0. The van der Waals surface area contributed by atoms with Gasteiger partial charge in [0.05, 0.1) is 28.4 Å².